The first kappa shape index (κ1) is 9.96. The largest absolute Gasteiger partial charge is 0.393 e. The first-order valence-corrected chi connectivity index (χ1v) is 4.78. The molecule has 0 spiro atoms. The second kappa shape index (κ2) is 4.80. The number of aliphatic hydroxyl groups is 2. The number of aliphatic hydroxyl groups excluding tert-OH is 2. The van der Waals surface area contributed by atoms with Crippen molar-refractivity contribution in [2.75, 3.05) is 6.54 Å². The van der Waals surface area contributed by atoms with Crippen LogP contribution in [0.5, 0.6) is 0 Å². The highest BCUT2D eigenvalue weighted by Gasteiger charge is 2.18. The molecule has 1 aliphatic carbocycles. The zero-order valence-electron chi connectivity index (χ0n) is 7.66. The van der Waals surface area contributed by atoms with Gasteiger partial charge in [0.1, 0.15) is 0 Å². The van der Waals surface area contributed by atoms with E-state index in [2.05, 4.69) is 5.32 Å². The van der Waals surface area contributed by atoms with E-state index in [9.17, 15) is 5.11 Å². The molecule has 1 fully saturated rings. The Kier molecular flexibility index (Phi) is 3.98. The van der Waals surface area contributed by atoms with Gasteiger partial charge in [0, 0.05) is 12.6 Å². The molecule has 0 bridgehead atoms. The molecule has 0 heterocycles. The van der Waals surface area contributed by atoms with Crippen LogP contribution in [-0.4, -0.2) is 35.0 Å². The van der Waals surface area contributed by atoms with E-state index in [0.717, 1.165) is 25.7 Å². The summed E-state index contributed by atoms with van der Waals surface area (Å²) < 4.78 is 0. The van der Waals surface area contributed by atoms with E-state index >= 15 is 0 Å². The van der Waals surface area contributed by atoms with Crippen LogP contribution in [0.4, 0.5) is 0 Å². The monoisotopic (exact) mass is 173 g/mol. The summed E-state index contributed by atoms with van der Waals surface area (Å²) >= 11 is 0. The summed E-state index contributed by atoms with van der Waals surface area (Å²) in [6.45, 7) is 2.45. The molecule has 0 radical (unpaired) electrons. The summed E-state index contributed by atoms with van der Waals surface area (Å²) in [6, 6.07) is 0.503. The fraction of sp³-hybridized carbons (Fsp3) is 1.00. The maximum Gasteiger partial charge on any atom is 0.0636 e. The number of hydrogen-bond acceptors (Lipinski definition) is 3. The summed E-state index contributed by atoms with van der Waals surface area (Å²) in [5.74, 6) is 0. The molecule has 0 amide bonds. The van der Waals surface area contributed by atoms with Crippen LogP contribution in [0.15, 0.2) is 0 Å². The average Bonchev–Trinajstić information content (AvgIpc) is 2.03. The van der Waals surface area contributed by atoms with Crippen molar-refractivity contribution in [1.82, 2.24) is 5.32 Å². The van der Waals surface area contributed by atoms with Crippen molar-refractivity contribution < 1.29 is 10.2 Å². The first-order chi connectivity index (χ1) is 5.68. The molecule has 3 nitrogen and oxygen atoms in total. The fourth-order valence-corrected chi connectivity index (χ4v) is 1.62. The second-order valence-electron chi connectivity index (χ2n) is 3.76. The van der Waals surface area contributed by atoms with Crippen LogP contribution >= 0.6 is 0 Å². The lowest BCUT2D eigenvalue weighted by atomic mass is 9.93. The second-order valence-corrected chi connectivity index (χ2v) is 3.76. The van der Waals surface area contributed by atoms with E-state index in [1.807, 2.05) is 0 Å². The minimum absolute atomic E-state index is 0.0883. The molecule has 12 heavy (non-hydrogen) atoms. The molecule has 3 N–H and O–H groups in total. The molecule has 1 rings (SSSR count). The standard InChI is InChI=1S/C9H19NO2/c1-7(11)6-10-8-2-4-9(12)5-3-8/h7-12H,2-6H2,1H3/t7-,8?,9?/m1/s1. The highest BCUT2D eigenvalue weighted by Crippen LogP contribution is 2.17. The lowest BCUT2D eigenvalue weighted by Crippen LogP contribution is -2.38. The molecule has 0 saturated heterocycles. The zero-order valence-corrected chi connectivity index (χ0v) is 7.66. The van der Waals surface area contributed by atoms with Gasteiger partial charge < -0.3 is 15.5 Å². The van der Waals surface area contributed by atoms with E-state index in [0.29, 0.717) is 12.6 Å². The summed E-state index contributed by atoms with van der Waals surface area (Å²) in [6.07, 6.45) is 3.52. The Morgan fingerprint density at radius 1 is 1.33 bits per heavy atom. The van der Waals surface area contributed by atoms with Crippen molar-refractivity contribution in [2.24, 2.45) is 0 Å². The maximum absolute atomic E-state index is 9.23. The van der Waals surface area contributed by atoms with E-state index in [1.165, 1.54) is 0 Å². The van der Waals surface area contributed by atoms with E-state index in [4.69, 9.17) is 5.11 Å². The molecule has 1 aliphatic rings. The number of rotatable bonds is 3. The summed E-state index contributed by atoms with van der Waals surface area (Å²) in [7, 11) is 0. The first-order valence-electron chi connectivity index (χ1n) is 4.78. The smallest absolute Gasteiger partial charge is 0.0636 e. The quantitative estimate of drug-likeness (QED) is 0.574. The molecule has 0 aromatic heterocycles. The van der Waals surface area contributed by atoms with Gasteiger partial charge in [-0.1, -0.05) is 0 Å². The van der Waals surface area contributed by atoms with Crippen molar-refractivity contribution in [3.05, 3.63) is 0 Å². The van der Waals surface area contributed by atoms with Crippen LogP contribution < -0.4 is 5.32 Å². The highest BCUT2D eigenvalue weighted by atomic mass is 16.3. The predicted molar refractivity (Wildman–Crippen MR) is 47.9 cm³/mol. The third kappa shape index (κ3) is 3.52. The Bertz CT molecular complexity index is 120. The van der Waals surface area contributed by atoms with E-state index in [1.54, 1.807) is 6.92 Å². The van der Waals surface area contributed by atoms with Gasteiger partial charge in [-0.3, -0.25) is 0 Å². The van der Waals surface area contributed by atoms with Gasteiger partial charge in [-0.25, -0.2) is 0 Å². The Hall–Kier alpha value is -0.120. The van der Waals surface area contributed by atoms with Gasteiger partial charge in [-0.2, -0.15) is 0 Å². The van der Waals surface area contributed by atoms with Crippen molar-refractivity contribution in [3.8, 4) is 0 Å². The van der Waals surface area contributed by atoms with Gasteiger partial charge in [0.2, 0.25) is 0 Å². The Morgan fingerprint density at radius 3 is 2.42 bits per heavy atom. The van der Waals surface area contributed by atoms with Gasteiger partial charge in [0.25, 0.3) is 0 Å². The Morgan fingerprint density at radius 2 is 1.92 bits per heavy atom. The minimum Gasteiger partial charge on any atom is -0.393 e. The fourth-order valence-electron chi connectivity index (χ4n) is 1.62. The Balaban J connectivity index is 2.09. The normalized spacial score (nSPS) is 33.2. The Labute approximate surface area is 73.8 Å². The summed E-state index contributed by atoms with van der Waals surface area (Å²) in [4.78, 5) is 0. The van der Waals surface area contributed by atoms with E-state index in [-0.39, 0.29) is 12.2 Å². The molecule has 0 unspecified atom stereocenters. The molecular formula is C9H19NO2. The lowest BCUT2D eigenvalue weighted by molar-refractivity contribution is 0.111. The predicted octanol–water partition coefficient (Wildman–Crippen LogP) is 0.260. The van der Waals surface area contributed by atoms with Gasteiger partial charge >= 0.3 is 0 Å². The third-order valence-corrected chi connectivity index (χ3v) is 2.40. The van der Waals surface area contributed by atoms with Gasteiger partial charge in [-0.15, -0.1) is 0 Å². The lowest BCUT2D eigenvalue weighted by Gasteiger charge is -2.26. The van der Waals surface area contributed by atoms with Crippen LogP contribution in [-0.2, 0) is 0 Å². The van der Waals surface area contributed by atoms with Crippen LogP contribution in [0.1, 0.15) is 32.6 Å². The van der Waals surface area contributed by atoms with Gasteiger partial charge in [0.05, 0.1) is 12.2 Å². The van der Waals surface area contributed by atoms with Crippen LogP contribution in [0.2, 0.25) is 0 Å². The number of hydrogen-bond donors (Lipinski definition) is 3. The van der Waals surface area contributed by atoms with Crippen LogP contribution in [0, 0.1) is 0 Å². The zero-order chi connectivity index (χ0) is 8.97. The van der Waals surface area contributed by atoms with Crippen molar-refractivity contribution in [3.63, 3.8) is 0 Å². The average molecular weight is 173 g/mol. The highest BCUT2D eigenvalue weighted by molar-refractivity contribution is 4.76. The molecule has 0 aromatic carbocycles. The molecular weight excluding hydrogens is 154 g/mol. The van der Waals surface area contributed by atoms with E-state index < -0.39 is 0 Å². The topological polar surface area (TPSA) is 52.5 Å². The van der Waals surface area contributed by atoms with Gasteiger partial charge in [-0.05, 0) is 32.6 Å². The van der Waals surface area contributed by atoms with Crippen LogP contribution in [0.25, 0.3) is 0 Å². The molecule has 0 aromatic rings. The van der Waals surface area contributed by atoms with Crippen molar-refractivity contribution >= 4 is 0 Å². The molecule has 72 valence electrons. The molecule has 3 heteroatoms. The number of nitrogens with one attached hydrogen (secondary N) is 1. The molecule has 1 atom stereocenters. The summed E-state index contributed by atoms with van der Waals surface area (Å²) in [5.41, 5.74) is 0. The third-order valence-electron chi connectivity index (χ3n) is 2.40. The summed E-state index contributed by atoms with van der Waals surface area (Å²) in [5, 5.41) is 21.5. The minimum atomic E-state index is -0.267. The molecule has 0 aliphatic heterocycles. The van der Waals surface area contributed by atoms with Crippen molar-refractivity contribution in [2.45, 2.75) is 50.9 Å². The molecule has 1 saturated carbocycles. The SMILES string of the molecule is C[C@@H](O)CNC1CCC(O)CC1. The van der Waals surface area contributed by atoms with Gasteiger partial charge in [0.15, 0.2) is 0 Å². The maximum atomic E-state index is 9.23. The van der Waals surface area contributed by atoms with Crippen LogP contribution in [0.3, 0.4) is 0 Å². The van der Waals surface area contributed by atoms with Crippen molar-refractivity contribution in [1.29, 1.82) is 0 Å².